The first-order valence-electron chi connectivity index (χ1n) is 7.16. The van der Waals surface area contributed by atoms with Gasteiger partial charge in [0.15, 0.2) is 0 Å². The summed E-state index contributed by atoms with van der Waals surface area (Å²) in [7, 11) is 0. The summed E-state index contributed by atoms with van der Waals surface area (Å²) < 4.78 is 0. The molecule has 0 amide bonds. The maximum absolute atomic E-state index is 10.3. The van der Waals surface area contributed by atoms with Crippen molar-refractivity contribution < 1.29 is 4.79 Å². The van der Waals surface area contributed by atoms with Crippen LogP contribution >= 0.6 is 0 Å². The van der Waals surface area contributed by atoms with E-state index >= 15 is 0 Å². The predicted octanol–water partition coefficient (Wildman–Crippen LogP) is 4.88. The molecule has 0 saturated carbocycles. The third-order valence-electron chi connectivity index (χ3n) is 3.29. The zero-order valence-corrected chi connectivity index (χ0v) is 11.7. The number of allylic oxidation sites excluding steroid dienone is 1. The van der Waals surface area contributed by atoms with E-state index < -0.39 is 0 Å². The molecule has 0 N–H and O–H groups in total. The fourth-order valence-electron chi connectivity index (χ4n) is 2.26. The van der Waals surface area contributed by atoms with Crippen LogP contribution in [0.15, 0.2) is 66.7 Å². The Labute approximate surface area is 121 Å². The van der Waals surface area contributed by atoms with E-state index in [9.17, 15) is 4.79 Å². The SMILES string of the molecule is O=CCCCCC=C(c1ccccc1)c1ccccc1. The van der Waals surface area contributed by atoms with Crippen molar-refractivity contribution >= 4 is 11.9 Å². The van der Waals surface area contributed by atoms with Crippen LogP contribution in [0.3, 0.4) is 0 Å². The fraction of sp³-hybridized carbons (Fsp3) is 0.211. The second-order valence-electron chi connectivity index (χ2n) is 4.80. The van der Waals surface area contributed by atoms with E-state index in [0.29, 0.717) is 6.42 Å². The maximum atomic E-state index is 10.3. The van der Waals surface area contributed by atoms with E-state index in [1.807, 2.05) is 12.1 Å². The van der Waals surface area contributed by atoms with E-state index in [0.717, 1.165) is 25.5 Å². The maximum Gasteiger partial charge on any atom is 0.119 e. The number of carbonyl (C=O) groups excluding carboxylic acids is 1. The number of aldehydes is 1. The van der Waals surface area contributed by atoms with Crippen LogP contribution in [0.5, 0.6) is 0 Å². The molecule has 2 rings (SSSR count). The van der Waals surface area contributed by atoms with Crippen LogP contribution in [0, 0.1) is 0 Å². The Morgan fingerprint density at radius 3 is 1.75 bits per heavy atom. The summed E-state index contributed by atoms with van der Waals surface area (Å²) in [6.07, 6.45) is 6.99. The highest BCUT2D eigenvalue weighted by atomic mass is 16.1. The molecule has 0 spiro atoms. The highest BCUT2D eigenvalue weighted by Crippen LogP contribution is 2.24. The van der Waals surface area contributed by atoms with Crippen LogP contribution in [0.25, 0.3) is 5.57 Å². The number of carbonyl (C=O) groups is 1. The summed E-state index contributed by atoms with van der Waals surface area (Å²) in [5, 5.41) is 0. The highest BCUT2D eigenvalue weighted by molar-refractivity contribution is 5.79. The minimum atomic E-state index is 0.667. The quantitative estimate of drug-likeness (QED) is 0.514. The zero-order chi connectivity index (χ0) is 14.0. The molecule has 0 aliphatic rings. The van der Waals surface area contributed by atoms with E-state index in [-0.39, 0.29) is 0 Å². The van der Waals surface area contributed by atoms with E-state index in [4.69, 9.17) is 0 Å². The van der Waals surface area contributed by atoms with Crippen LogP contribution in [-0.4, -0.2) is 6.29 Å². The summed E-state index contributed by atoms with van der Waals surface area (Å²) in [5.41, 5.74) is 3.76. The van der Waals surface area contributed by atoms with Gasteiger partial charge in [0, 0.05) is 6.42 Å². The van der Waals surface area contributed by atoms with Gasteiger partial charge in [-0.25, -0.2) is 0 Å². The number of hydrogen-bond donors (Lipinski definition) is 0. The standard InChI is InChI=1S/C19H20O/c20-16-10-2-1-9-15-19(17-11-5-3-6-12-17)18-13-7-4-8-14-18/h3-8,11-16H,1-2,9-10H2. The van der Waals surface area contributed by atoms with Crippen molar-refractivity contribution in [2.24, 2.45) is 0 Å². The molecule has 0 unspecified atom stereocenters. The molecule has 2 aromatic carbocycles. The van der Waals surface area contributed by atoms with Crippen molar-refractivity contribution in [1.29, 1.82) is 0 Å². The molecule has 0 aromatic heterocycles. The molecule has 0 fully saturated rings. The van der Waals surface area contributed by atoms with Gasteiger partial charge in [-0.1, -0.05) is 66.7 Å². The second kappa shape index (κ2) is 8.11. The van der Waals surface area contributed by atoms with Gasteiger partial charge in [-0.05, 0) is 36.0 Å². The van der Waals surface area contributed by atoms with Gasteiger partial charge in [0.2, 0.25) is 0 Å². The number of hydrogen-bond acceptors (Lipinski definition) is 1. The Bertz CT molecular complexity index is 499. The molecule has 102 valence electrons. The Kier molecular flexibility index (Phi) is 5.78. The smallest absolute Gasteiger partial charge is 0.119 e. The summed E-state index contributed by atoms with van der Waals surface area (Å²) in [6, 6.07) is 20.9. The molecule has 20 heavy (non-hydrogen) atoms. The molecule has 0 bridgehead atoms. The molecule has 0 atom stereocenters. The van der Waals surface area contributed by atoms with Crippen LogP contribution < -0.4 is 0 Å². The van der Waals surface area contributed by atoms with E-state index in [2.05, 4.69) is 54.6 Å². The van der Waals surface area contributed by atoms with Gasteiger partial charge in [0.05, 0.1) is 0 Å². The molecule has 0 aliphatic heterocycles. The van der Waals surface area contributed by atoms with E-state index in [1.54, 1.807) is 0 Å². The average Bonchev–Trinajstić information content (AvgIpc) is 2.53. The minimum absolute atomic E-state index is 0.667. The molecule has 2 aromatic rings. The third kappa shape index (κ3) is 4.20. The lowest BCUT2D eigenvalue weighted by Gasteiger charge is -2.08. The summed E-state index contributed by atoms with van der Waals surface area (Å²) in [4.78, 5) is 10.3. The summed E-state index contributed by atoms with van der Waals surface area (Å²) in [6.45, 7) is 0. The fourth-order valence-corrected chi connectivity index (χ4v) is 2.26. The lowest BCUT2D eigenvalue weighted by Crippen LogP contribution is -1.88. The van der Waals surface area contributed by atoms with Crippen molar-refractivity contribution in [2.45, 2.75) is 25.7 Å². The number of unbranched alkanes of at least 4 members (excludes halogenated alkanes) is 3. The molecule has 0 saturated heterocycles. The zero-order valence-electron chi connectivity index (χ0n) is 11.7. The Morgan fingerprint density at radius 1 is 0.750 bits per heavy atom. The molecule has 1 heteroatoms. The van der Waals surface area contributed by atoms with Crippen LogP contribution in [0.1, 0.15) is 36.8 Å². The first kappa shape index (κ1) is 14.3. The van der Waals surface area contributed by atoms with Crippen molar-refractivity contribution in [2.75, 3.05) is 0 Å². The van der Waals surface area contributed by atoms with Crippen LogP contribution in [0.4, 0.5) is 0 Å². The minimum Gasteiger partial charge on any atom is -0.303 e. The average molecular weight is 264 g/mol. The van der Waals surface area contributed by atoms with Gasteiger partial charge in [0.1, 0.15) is 6.29 Å². The van der Waals surface area contributed by atoms with Crippen molar-refractivity contribution in [3.05, 3.63) is 77.9 Å². The topological polar surface area (TPSA) is 17.1 Å². The molecule has 1 nitrogen and oxygen atoms in total. The predicted molar refractivity (Wildman–Crippen MR) is 84.5 cm³/mol. The molecular formula is C19H20O. The van der Waals surface area contributed by atoms with Crippen molar-refractivity contribution in [3.63, 3.8) is 0 Å². The van der Waals surface area contributed by atoms with Crippen LogP contribution in [0.2, 0.25) is 0 Å². The van der Waals surface area contributed by atoms with Crippen molar-refractivity contribution in [3.8, 4) is 0 Å². The lowest BCUT2D eigenvalue weighted by molar-refractivity contribution is -0.107. The summed E-state index contributed by atoms with van der Waals surface area (Å²) >= 11 is 0. The normalized spacial score (nSPS) is 10.0. The Balaban J connectivity index is 2.17. The van der Waals surface area contributed by atoms with Gasteiger partial charge in [-0.15, -0.1) is 0 Å². The monoisotopic (exact) mass is 264 g/mol. The molecular weight excluding hydrogens is 244 g/mol. The highest BCUT2D eigenvalue weighted by Gasteiger charge is 2.03. The first-order valence-corrected chi connectivity index (χ1v) is 7.16. The first-order chi connectivity index (χ1) is 9.92. The van der Waals surface area contributed by atoms with Gasteiger partial charge in [-0.3, -0.25) is 0 Å². The van der Waals surface area contributed by atoms with Gasteiger partial charge < -0.3 is 4.79 Å². The van der Waals surface area contributed by atoms with Gasteiger partial charge >= 0.3 is 0 Å². The molecule has 0 radical (unpaired) electrons. The summed E-state index contributed by atoms with van der Waals surface area (Å²) in [5.74, 6) is 0. The Hall–Kier alpha value is -2.15. The molecule has 0 heterocycles. The lowest BCUT2D eigenvalue weighted by atomic mass is 9.96. The van der Waals surface area contributed by atoms with E-state index in [1.165, 1.54) is 16.7 Å². The van der Waals surface area contributed by atoms with Gasteiger partial charge in [0.25, 0.3) is 0 Å². The Morgan fingerprint density at radius 2 is 1.25 bits per heavy atom. The number of benzene rings is 2. The molecule has 0 aliphatic carbocycles. The second-order valence-corrected chi connectivity index (χ2v) is 4.80. The van der Waals surface area contributed by atoms with Crippen LogP contribution in [-0.2, 0) is 4.79 Å². The largest absolute Gasteiger partial charge is 0.303 e. The van der Waals surface area contributed by atoms with Gasteiger partial charge in [-0.2, -0.15) is 0 Å². The third-order valence-corrected chi connectivity index (χ3v) is 3.29. The van der Waals surface area contributed by atoms with Crippen molar-refractivity contribution in [1.82, 2.24) is 0 Å². The number of rotatable bonds is 7.